The summed E-state index contributed by atoms with van der Waals surface area (Å²) < 4.78 is 5.52. The molecule has 0 aliphatic heterocycles. The largest absolute Gasteiger partial charge is 0.481 e. The average Bonchev–Trinajstić information content (AvgIpc) is 2.19. The van der Waals surface area contributed by atoms with Gasteiger partial charge in [-0.1, -0.05) is 0 Å². The lowest BCUT2D eigenvalue weighted by Crippen LogP contribution is -2.26. The topological polar surface area (TPSA) is 46.5 Å². The molecule has 1 N–H and O–H groups in total. The second-order valence-corrected chi connectivity index (χ2v) is 3.64. The molecule has 3 nitrogen and oxygen atoms in total. The standard InChI is InChI=1S/C11H16O3/c1-2-3-8-14-10-6-4-9(5-7-10)11(12)13/h1,9-10H,3-8H2,(H,12,13). The van der Waals surface area contributed by atoms with Crippen molar-refractivity contribution in [3.05, 3.63) is 0 Å². The number of hydrogen-bond acceptors (Lipinski definition) is 2. The fourth-order valence-corrected chi connectivity index (χ4v) is 1.76. The Hall–Kier alpha value is -1.01. The average molecular weight is 196 g/mol. The molecule has 1 rings (SSSR count). The van der Waals surface area contributed by atoms with E-state index in [9.17, 15) is 4.79 Å². The minimum absolute atomic E-state index is 0.164. The van der Waals surface area contributed by atoms with Crippen molar-refractivity contribution in [1.29, 1.82) is 0 Å². The van der Waals surface area contributed by atoms with Crippen molar-refractivity contribution in [2.24, 2.45) is 5.92 Å². The molecule has 0 saturated heterocycles. The Kier molecular flexibility index (Phi) is 4.48. The van der Waals surface area contributed by atoms with Crippen LogP contribution in [0, 0.1) is 18.3 Å². The Balaban J connectivity index is 2.16. The summed E-state index contributed by atoms with van der Waals surface area (Å²) in [6.07, 6.45) is 9.12. The van der Waals surface area contributed by atoms with E-state index in [0.717, 1.165) is 25.7 Å². The first-order chi connectivity index (χ1) is 6.74. The molecule has 0 bridgehead atoms. The summed E-state index contributed by atoms with van der Waals surface area (Å²) in [6, 6.07) is 0. The van der Waals surface area contributed by atoms with Crippen LogP contribution in [0.3, 0.4) is 0 Å². The number of rotatable bonds is 4. The van der Waals surface area contributed by atoms with Crippen molar-refractivity contribution in [1.82, 2.24) is 0 Å². The summed E-state index contributed by atoms with van der Waals surface area (Å²) in [6.45, 7) is 0.596. The van der Waals surface area contributed by atoms with Gasteiger partial charge in [0.25, 0.3) is 0 Å². The molecule has 0 aromatic rings. The molecule has 0 atom stereocenters. The van der Waals surface area contributed by atoms with Crippen LogP contribution in [-0.4, -0.2) is 23.8 Å². The van der Waals surface area contributed by atoms with Crippen LogP contribution in [0.25, 0.3) is 0 Å². The van der Waals surface area contributed by atoms with Gasteiger partial charge in [0.05, 0.1) is 18.6 Å². The van der Waals surface area contributed by atoms with Crippen LogP contribution in [0.4, 0.5) is 0 Å². The van der Waals surface area contributed by atoms with Crippen molar-refractivity contribution in [3.8, 4) is 12.3 Å². The molecule has 1 fully saturated rings. The molecule has 0 unspecified atom stereocenters. The molecule has 78 valence electrons. The highest BCUT2D eigenvalue weighted by atomic mass is 16.5. The Morgan fingerprint density at radius 2 is 2.07 bits per heavy atom. The molecular weight excluding hydrogens is 180 g/mol. The Morgan fingerprint density at radius 1 is 1.43 bits per heavy atom. The van der Waals surface area contributed by atoms with Crippen molar-refractivity contribution in [3.63, 3.8) is 0 Å². The van der Waals surface area contributed by atoms with E-state index in [0.29, 0.717) is 13.0 Å². The van der Waals surface area contributed by atoms with E-state index in [-0.39, 0.29) is 12.0 Å². The second-order valence-electron chi connectivity index (χ2n) is 3.64. The summed E-state index contributed by atoms with van der Waals surface area (Å²) in [5.74, 6) is 1.68. The number of carboxylic acid groups (broad SMARTS) is 1. The van der Waals surface area contributed by atoms with Crippen molar-refractivity contribution in [2.45, 2.75) is 38.2 Å². The molecule has 1 aliphatic carbocycles. The first-order valence-electron chi connectivity index (χ1n) is 5.02. The molecular formula is C11H16O3. The van der Waals surface area contributed by atoms with Gasteiger partial charge in [0.15, 0.2) is 0 Å². The van der Waals surface area contributed by atoms with Gasteiger partial charge in [-0.3, -0.25) is 4.79 Å². The third-order valence-corrected chi connectivity index (χ3v) is 2.62. The van der Waals surface area contributed by atoms with Gasteiger partial charge in [0, 0.05) is 6.42 Å². The van der Waals surface area contributed by atoms with E-state index in [2.05, 4.69) is 5.92 Å². The Labute approximate surface area is 84.5 Å². The number of carbonyl (C=O) groups is 1. The lowest BCUT2D eigenvalue weighted by molar-refractivity contribution is -0.143. The number of ether oxygens (including phenoxy) is 1. The SMILES string of the molecule is C#CCCOC1CCC(C(=O)O)CC1. The fraction of sp³-hybridized carbons (Fsp3) is 0.727. The lowest BCUT2D eigenvalue weighted by atomic mass is 9.87. The maximum Gasteiger partial charge on any atom is 0.306 e. The zero-order chi connectivity index (χ0) is 10.4. The zero-order valence-corrected chi connectivity index (χ0v) is 8.24. The highest BCUT2D eigenvalue weighted by Crippen LogP contribution is 2.26. The van der Waals surface area contributed by atoms with Crippen molar-refractivity contribution >= 4 is 5.97 Å². The molecule has 0 spiro atoms. The molecule has 0 aromatic carbocycles. The van der Waals surface area contributed by atoms with Crippen LogP contribution in [0.2, 0.25) is 0 Å². The fourth-order valence-electron chi connectivity index (χ4n) is 1.76. The van der Waals surface area contributed by atoms with Crippen molar-refractivity contribution in [2.75, 3.05) is 6.61 Å². The quantitative estimate of drug-likeness (QED) is 0.549. The maximum atomic E-state index is 10.7. The van der Waals surface area contributed by atoms with Gasteiger partial charge in [-0.05, 0) is 25.7 Å². The number of carboxylic acids is 1. The number of terminal acetylenes is 1. The molecule has 0 amide bonds. The summed E-state index contributed by atoms with van der Waals surface area (Å²) in [5, 5.41) is 8.77. The third kappa shape index (κ3) is 3.39. The summed E-state index contributed by atoms with van der Waals surface area (Å²) in [4.78, 5) is 10.7. The van der Waals surface area contributed by atoms with Gasteiger partial charge in [0.2, 0.25) is 0 Å². The molecule has 0 aromatic heterocycles. The third-order valence-electron chi connectivity index (χ3n) is 2.62. The number of hydrogen-bond donors (Lipinski definition) is 1. The van der Waals surface area contributed by atoms with E-state index in [1.54, 1.807) is 0 Å². The van der Waals surface area contributed by atoms with Crippen LogP contribution in [0.1, 0.15) is 32.1 Å². The van der Waals surface area contributed by atoms with Crippen LogP contribution in [0.15, 0.2) is 0 Å². The summed E-state index contributed by atoms with van der Waals surface area (Å²) in [5.41, 5.74) is 0. The highest BCUT2D eigenvalue weighted by Gasteiger charge is 2.25. The molecule has 1 saturated carbocycles. The van der Waals surface area contributed by atoms with Crippen LogP contribution in [0.5, 0.6) is 0 Å². The molecule has 0 heterocycles. The maximum absolute atomic E-state index is 10.7. The molecule has 1 aliphatic rings. The van der Waals surface area contributed by atoms with Gasteiger partial charge in [-0.25, -0.2) is 0 Å². The first kappa shape index (κ1) is 11.1. The van der Waals surface area contributed by atoms with Gasteiger partial charge in [-0.2, -0.15) is 0 Å². The van der Waals surface area contributed by atoms with Gasteiger partial charge in [0.1, 0.15) is 0 Å². The van der Waals surface area contributed by atoms with Gasteiger partial charge < -0.3 is 9.84 Å². The first-order valence-corrected chi connectivity index (χ1v) is 5.02. The van der Waals surface area contributed by atoms with Crippen LogP contribution in [-0.2, 0) is 9.53 Å². The predicted octanol–water partition coefficient (Wildman–Crippen LogP) is 1.67. The normalized spacial score (nSPS) is 26.8. The molecule has 0 radical (unpaired) electrons. The van der Waals surface area contributed by atoms with Gasteiger partial charge >= 0.3 is 5.97 Å². The van der Waals surface area contributed by atoms with Crippen LogP contribution < -0.4 is 0 Å². The van der Waals surface area contributed by atoms with E-state index < -0.39 is 5.97 Å². The Morgan fingerprint density at radius 3 is 2.57 bits per heavy atom. The van der Waals surface area contributed by atoms with E-state index in [1.165, 1.54) is 0 Å². The monoisotopic (exact) mass is 196 g/mol. The highest BCUT2D eigenvalue weighted by molar-refractivity contribution is 5.69. The van der Waals surface area contributed by atoms with E-state index >= 15 is 0 Å². The summed E-state index contributed by atoms with van der Waals surface area (Å²) >= 11 is 0. The molecule has 3 heteroatoms. The van der Waals surface area contributed by atoms with E-state index in [4.69, 9.17) is 16.3 Å². The second kappa shape index (κ2) is 5.66. The predicted molar refractivity (Wildman–Crippen MR) is 52.8 cm³/mol. The summed E-state index contributed by atoms with van der Waals surface area (Å²) in [7, 11) is 0. The van der Waals surface area contributed by atoms with Crippen molar-refractivity contribution < 1.29 is 14.6 Å². The minimum Gasteiger partial charge on any atom is -0.481 e. The zero-order valence-electron chi connectivity index (χ0n) is 8.24. The molecule has 14 heavy (non-hydrogen) atoms. The van der Waals surface area contributed by atoms with E-state index in [1.807, 2.05) is 0 Å². The lowest BCUT2D eigenvalue weighted by Gasteiger charge is -2.25. The number of aliphatic carboxylic acids is 1. The van der Waals surface area contributed by atoms with Gasteiger partial charge in [-0.15, -0.1) is 12.3 Å². The minimum atomic E-state index is -0.674. The smallest absolute Gasteiger partial charge is 0.306 e. The Bertz CT molecular complexity index is 221. The van der Waals surface area contributed by atoms with Crippen LogP contribution >= 0.6 is 0 Å².